The van der Waals surface area contributed by atoms with Crippen LogP contribution >= 0.6 is 24.0 Å². The molecule has 0 spiro atoms. The van der Waals surface area contributed by atoms with Gasteiger partial charge in [0.05, 0.1) is 13.7 Å². The molecule has 0 saturated carbocycles. The Morgan fingerprint density at radius 3 is 2.45 bits per heavy atom. The Bertz CT molecular complexity index is 803. The first-order valence-electron chi connectivity index (χ1n) is 8.81. The summed E-state index contributed by atoms with van der Waals surface area (Å²) in [6.45, 7) is 2.84. The van der Waals surface area contributed by atoms with Gasteiger partial charge in [0.1, 0.15) is 6.10 Å². The first-order valence-corrected chi connectivity index (χ1v) is 8.81. The molecule has 0 bridgehead atoms. The number of carbonyl (C=O) groups is 1. The summed E-state index contributed by atoms with van der Waals surface area (Å²) in [7, 11) is 2.98. The number of rotatable bonds is 7. The zero-order valence-electron chi connectivity index (χ0n) is 16.6. The molecule has 9 heteroatoms. The maximum Gasteiger partial charge on any atom is 0.411 e. The number of halogens is 2. The van der Waals surface area contributed by atoms with Gasteiger partial charge >= 0.3 is 6.09 Å². The van der Waals surface area contributed by atoms with E-state index in [1.165, 1.54) is 13.2 Å². The number of amides is 1. The fourth-order valence-corrected chi connectivity index (χ4v) is 2.32. The van der Waals surface area contributed by atoms with Crippen molar-refractivity contribution in [3.8, 4) is 5.75 Å². The molecule has 2 aromatic rings. The van der Waals surface area contributed by atoms with Crippen molar-refractivity contribution < 1.29 is 18.7 Å². The third-order valence-electron chi connectivity index (χ3n) is 3.79. The van der Waals surface area contributed by atoms with Crippen LogP contribution in [0.3, 0.4) is 0 Å². The normalized spacial score (nSPS) is 11.7. The number of nitrogens with zero attached hydrogens (tertiary/aromatic N) is 1. The Hall–Kier alpha value is -2.56. The first-order chi connectivity index (χ1) is 13.5. The number of aliphatic imine (C=N–C) groups is 1. The van der Waals surface area contributed by atoms with Crippen molar-refractivity contribution in [2.75, 3.05) is 26.0 Å². The van der Waals surface area contributed by atoms with Gasteiger partial charge in [-0.1, -0.05) is 24.3 Å². The van der Waals surface area contributed by atoms with E-state index >= 15 is 0 Å². The van der Waals surface area contributed by atoms with Gasteiger partial charge in [-0.15, -0.1) is 24.0 Å². The third kappa shape index (κ3) is 8.55. The Labute approximate surface area is 187 Å². The summed E-state index contributed by atoms with van der Waals surface area (Å²) >= 11 is 0. The van der Waals surface area contributed by atoms with Gasteiger partial charge < -0.3 is 20.1 Å². The molecule has 0 heterocycles. The molecule has 0 saturated heterocycles. The summed E-state index contributed by atoms with van der Waals surface area (Å²) < 4.78 is 23.8. The standard InChI is InChI=1S/C20H25FN4O3.HI/c1-14(28-18-7-5-4-6-17(18)21)12-23-19(22-2)24-13-15-8-10-16(11-9-15)25-20(26)27-3;/h4-11,14H,12-13H2,1-3H3,(H,25,26)(H2,22,23,24);1H. The van der Waals surface area contributed by atoms with Crippen LogP contribution in [0.4, 0.5) is 14.9 Å². The highest BCUT2D eigenvalue weighted by Gasteiger charge is 2.09. The van der Waals surface area contributed by atoms with Crippen molar-refractivity contribution in [2.24, 2.45) is 4.99 Å². The van der Waals surface area contributed by atoms with Crippen molar-refractivity contribution in [1.29, 1.82) is 0 Å². The van der Waals surface area contributed by atoms with Gasteiger partial charge in [-0.3, -0.25) is 10.3 Å². The lowest BCUT2D eigenvalue weighted by atomic mass is 10.2. The van der Waals surface area contributed by atoms with Crippen molar-refractivity contribution in [1.82, 2.24) is 10.6 Å². The highest BCUT2D eigenvalue weighted by atomic mass is 127. The van der Waals surface area contributed by atoms with Crippen molar-refractivity contribution in [3.05, 3.63) is 59.9 Å². The Morgan fingerprint density at radius 2 is 1.83 bits per heavy atom. The second-order valence-corrected chi connectivity index (χ2v) is 5.98. The fourth-order valence-electron chi connectivity index (χ4n) is 2.32. The number of benzene rings is 2. The van der Waals surface area contributed by atoms with E-state index in [4.69, 9.17) is 4.74 Å². The van der Waals surface area contributed by atoms with Gasteiger partial charge in [0.15, 0.2) is 17.5 Å². The molecule has 1 unspecified atom stereocenters. The van der Waals surface area contributed by atoms with E-state index in [1.54, 1.807) is 37.4 Å². The minimum atomic E-state index is -0.512. The second kappa shape index (κ2) is 12.8. The monoisotopic (exact) mass is 516 g/mol. The van der Waals surface area contributed by atoms with Gasteiger partial charge in [0, 0.05) is 19.3 Å². The van der Waals surface area contributed by atoms with Crippen LogP contribution in [0.15, 0.2) is 53.5 Å². The van der Waals surface area contributed by atoms with Gasteiger partial charge in [-0.05, 0) is 36.8 Å². The number of hydrogen-bond acceptors (Lipinski definition) is 4. The molecular weight excluding hydrogens is 490 g/mol. The Morgan fingerprint density at radius 1 is 1.14 bits per heavy atom. The summed E-state index contributed by atoms with van der Waals surface area (Å²) in [5.74, 6) is 0.433. The number of ether oxygens (including phenoxy) is 2. The molecule has 29 heavy (non-hydrogen) atoms. The van der Waals surface area contributed by atoms with E-state index < -0.39 is 6.09 Å². The van der Waals surface area contributed by atoms with Gasteiger partial charge in [0.25, 0.3) is 0 Å². The van der Waals surface area contributed by atoms with Crippen LogP contribution in [0.2, 0.25) is 0 Å². The third-order valence-corrected chi connectivity index (χ3v) is 3.79. The van der Waals surface area contributed by atoms with E-state index in [9.17, 15) is 9.18 Å². The lowest BCUT2D eigenvalue weighted by molar-refractivity contribution is 0.187. The molecule has 2 aromatic carbocycles. The number of nitrogens with one attached hydrogen (secondary N) is 3. The molecule has 0 aromatic heterocycles. The van der Waals surface area contributed by atoms with Crippen LogP contribution in [-0.2, 0) is 11.3 Å². The van der Waals surface area contributed by atoms with E-state index in [1.807, 2.05) is 19.1 Å². The average Bonchev–Trinajstić information content (AvgIpc) is 2.71. The molecular formula is C20H26FIN4O3. The lowest BCUT2D eigenvalue weighted by Gasteiger charge is -2.18. The highest BCUT2D eigenvalue weighted by Crippen LogP contribution is 2.16. The van der Waals surface area contributed by atoms with E-state index in [-0.39, 0.29) is 41.6 Å². The molecule has 1 atom stereocenters. The van der Waals surface area contributed by atoms with Crippen molar-refractivity contribution >= 4 is 41.7 Å². The van der Waals surface area contributed by atoms with Gasteiger partial charge in [-0.25, -0.2) is 9.18 Å². The molecule has 0 aliphatic heterocycles. The highest BCUT2D eigenvalue weighted by molar-refractivity contribution is 14.0. The zero-order chi connectivity index (χ0) is 20.4. The minimum absolute atomic E-state index is 0. The summed E-state index contributed by atoms with van der Waals surface area (Å²) in [5, 5.41) is 8.92. The first kappa shape index (κ1) is 24.5. The van der Waals surface area contributed by atoms with Gasteiger partial charge in [0.2, 0.25) is 0 Å². The summed E-state index contributed by atoms with van der Waals surface area (Å²) in [6, 6.07) is 13.6. The maximum atomic E-state index is 13.6. The smallest absolute Gasteiger partial charge is 0.411 e. The van der Waals surface area contributed by atoms with E-state index in [0.29, 0.717) is 24.7 Å². The summed E-state index contributed by atoms with van der Waals surface area (Å²) in [6.07, 6.45) is -0.763. The van der Waals surface area contributed by atoms with Crippen molar-refractivity contribution in [3.63, 3.8) is 0 Å². The molecule has 1 amide bonds. The van der Waals surface area contributed by atoms with Gasteiger partial charge in [-0.2, -0.15) is 0 Å². The molecule has 0 radical (unpaired) electrons. The zero-order valence-corrected chi connectivity index (χ0v) is 18.9. The van der Waals surface area contributed by atoms with E-state index in [0.717, 1.165) is 5.56 Å². The summed E-state index contributed by atoms with van der Waals surface area (Å²) in [4.78, 5) is 15.3. The molecule has 158 valence electrons. The molecule has 0 fully saturated rings. The molecule has 3 N–H and O–H groups in total. The second-order valence-electron chi connectivity index (χ2n) is 5.98. The van der Waals surface area contributed by atoms with E-state index in [2.05, 4.69) is 25.7 Å². The summed E-state index contributed by atoms with van der Waals surface area (Å²) in [5.41, 5.74) is 1.66. The van der Waals surface area contributed by atoms with Crippen LogP contribution in [0, 0.1) is 5.82 Å². The average molecular weight is 516 g/mol. The topological polar surface area (TPSA) is 84.0 Å². The Kier molecular flexibility index (Phi) is 10.8. The molecule has 0 aliphatic rings. The quantitative estimate of drug-likeness (QED) is 0.297. The van der Waals surface area contributed by atoms with Crippen LogP contribution in [0.25, 0.3) is 0 Å². The lowest BCUT2D eigenvalue weighted by Crippen LogP contribution is -2.41. The SMILES string of the molecule is CN=C(NCc1ccc(NC(=O)OC)cc1)NCC(C)Oc1ccccc1F.I. The Balaban J connectivity index is 0.00000420. The number of hydrogen-bond donors (Lipinski definition) is 3. The van der Waals surface area contributed by atoms with Crippen LogP contribution in [0.1, 0.15) is 12.5 Å². The number of carbonyl (C=O) groups excluding carboxylic acids is 1. The largest absolute Gasteiger partial charge is 0.486 e. The fraction of sp³-hybridized carbons (Fsp3) is 0.300. The predicted octanol–water partition coefficient (Wildman–Crippen LogP) is 3.75. The number of methoxy groups -OCH3 is 1. The minimum Gasteiger partial charge on any atom is -0.486 e. The van der Waals surface area contributed by atoms with Crippen molar-refractivity contribution in [2.45, 2.75) is 19.6 Å². The maximum absolute atomic E-state index is 13.6. The predicted molar refractivity (Wildman–Crippen MR) is 123 cm³/mol. The molecule has 0 aliphatic carbocycles. The molecule has 2 rings (SSSR count). The number of guanidine groups is 1. The number of para-hydroxylation sites is 1. The van der Waals surface area contributed by atoms with Crippen LogP contribution < -0.4 is 20.7 Å². The van der Waals surface area contributed by atoms with Crippen LogP contribution in [-0.4, -0.2) is 38.9 Å². The van der Waals surface area contributed by atoms with Crippen LogP contribution in [0.5, 0.6) is 5.75 Å². The number of anilines is 1. The molecule has 7 nitrogen and oxygen atoms in total.